The predicted molar refractivity (Wildman–Crippen MR) is 169 cm³/mol. The minimum Gasteiger partial charge on any atom is -0.336 e. The number of amides is 1. The Bertz CT molecular complexity index is 2100. The van der Waals surface area contributed by atoms with E-state index in [0.29, 0.717) is 35.7 Å². The highest BCUT2D eigenvalue weighted by atomic mass is 35.5. The topological polar surface area (TPSA) is 138 Å². The van der Waals surface area contributed by atoms with Gasteiger partial charge in [0, 0.05) is 37.4 Å². The molecule has 6 rings (SSSR count). The van der Waals surface area contributed by atoms with Crippen molar-refractivity contribution in [3.63, 3.8) is 0 Å². The van der Waals surface area contributed by atoms with Crippen LogP contribution >= 0.6 is 11.6 Å². The minimum atomic E-state index is -4.28. The third-order valence-corrected chi connectivity index (χ3v) is 9.63. The summed E-state index contributed by atoms with van der Waals surface area (Å²) in [4.78, 5) is 29.9. The van der Waals surface area contributed by atoms with E-state index in [9.17, 15) is 13.2 Å². The second kappa shape index (κ2) is 12.2. The number of rotatable bonds is 7. The minimum absolute atomic E-state index is 0.0482. The summed E-state index contributed by atoms with van der Waals surface area (Å²) in [5, 5.41) is 7.32. The number of halogens is 3. The predicted octanol–water partition coefficient (Wildman–Crippen LogP) is 4.69. The van der Waals surface area contributed by atoms with E-state index in [-0.39, 0.29) is 32.7 Å². The molecule has 1 aliphatic heterocycles. The van der Waals surface area contributed by atoms with Gasteiger partial charge in [0.1, 0.15) is 23.3 Å². The molecular formula is C30H28ClF2N9O3S. The normalized spacial score (nSPS) is 14.1. The number of aromatic nitrogens is 5. The van der Waals surface area contributed by atoms with E-state index in [0.717, 1.165) is 25.2 Å². The monoisotopic (exact) mass is 667 g/mol. The second-order valence-corrected chi connectivity index (χ2v) is 12.9. The highest BCUT2D eigenvalue weighted by Crippen LogP contribution is 2.32. The number of carbonyl (C=O) groups is 1. The fourth-order valence-corrected chi connectivity index (χ4v) is 6.62. The Hall–Kier alpha value is -4.73. The van der Waals surface area contributed by atoms with Crippen molar-refractivity contribution in [1.29, 1.82) is 0 Å². The number of aryl methyl sites for hydroxylation is 1. The van der Waals surface area contributed by atoms with Gasteiger partial charge in [-0.25, -0.2) is 36.8 Å². The maximum atomic E-state index is 15.7. The van der Waals surface area contributed by atoms with Crippen LogP contribution in [0.15, 0.2) is 59.9 Å². The van der Waals surface area contributed by atoms with Gasteiger partial charge in [-0.3, -0.25) is 9.52 Å². The molecule has 0 atom stereocenters. The number of fused-ring (bicyclic) bond motifs is 1. The molecule has 0 radical (unpaired) electrons. The van der Waals surface area contributed by atoms with Gasteiger partial charge < -0.3 is 15.1 Å². The lowest BCUT2D eigenvalue weighted by atomic mass is 10.2. The van der Waals surface area contributed by atoms with Crippen molar-refractivity contribution in [1.82, 2.24) is 34.5 Å². The number of hydrogen-bond acceptors (Lipinski definition) is 9. The molecule has 46 heavy (non-hydrogen) atoms. The van der Waals surface area contributed by atoms with E-state index in [1.54, 1.807) is 30.2 Å². The zero-order valence-corrected chi connectivity index (χ0v) is 26.5. The number of pyridine rings is 1. The van der Waals surface area contributed by atoms with E-state index >= 15 is 8.78 Å². The van der Waals surface area contributed by atoms with Crippen molar-refractivity contribution >= 4 is 55.8 Å². The van der Waals surface area contributed by atoms with Gasteiger partial charge in [-0.1, -0.05) is 17.7 Å². The van der Waals surface area contributed by atoms with Gasteiger partial charge in [0.2, 0.25) is 0 Å². The number of benzene rings is 2. The van der Waals surface area contributed by atoms with Crippen LogP contribution in [0.1, 0.15) is 21.6 Å². The summed E-state index contributed by atoms with van der Waals surface area (Å²) in [5.41, 5.74) is 0.572. The molecule has 238 valence electrons. The molecule has 1 saturated heterocycles. The molecule has 2 aromatic carbocycles. The van der Waals surface area contributed by atoms with Gasteiger partial charge in [0.25, 0.3) is 15.9 Å². The molecule has 3 aromatic heterocycles. The number of anilines is 3. The highest BCUT2D eigenvalue weighted by molar-refractivity contribution is 7.92. The maximum Gasteiger partial charge on any atom is 0.262 e. The van der Waals surface area contributed by atoms with Crippen LogP contribution in [0.25, 0.3) is 16.9 Å². The Morgan fingerprint density at radius 3 is 2.52 bits per heavy atom. The molecule has 1 fully saturated rings. The van der Waals surface area contributed by atoms with Crippen molar-refractivity contribution in [2.45, 2.75) is 18.7 Å². The molecule has 1 amide bonds. The highest BCUT2D eigenvalue weighted by Gasteiger charge is 2.25. The van der Waals surface area contributed by atoms with Crippen LogP contribution < -0.4 is 10.0 Å². The van der Waals surface area contributed by atoms with Crippen LogP contribution in [0.2, 0.25) is 5.02 Å². The average Bonchev–Trinajstić information content (AvgIpc) is 3.43. The largest absolute Gasteiger partial charge is 0.336 e. The lowest BCUT2D eigenvalue weighted by Crippen LogP contribution is -2.47. The van der Waals surface area contributed by atoms with Crippen molar-refractivity contribution in [3.8, 4) is 5.82 Å². The molecule has 0 aliphatic carbocycles. The smallest absolute Gasteiger partial charge is 0.262 e. The van der Waals surface area contributed by atoms with Gasteiger partial charge in [-0.05, 0) is 62.9 Å². The van der Waals surface area contributed by atoms with E-state index in [1.807, 2.05) is 7.05 Å². The molecular weight excluding hydrogens is 640 g/mol. The first kappa shape index (κ1) is 31.3. The van der Waals surface area contributed by atoms with Crippen LogP contribution in [0.4, 0.5) is 26.0 Å². The van der Waals surface area contributed by atoms with Gasteiger partial charge in [-0.15, -0.1) is 0 Å². The van der Waals surface area contributed by atoms with Crippen LogP contribution in [0, 0.1) is 25.5 Å². The number of carbonyl (C=O) groups excluding carboxylic acids is 1. The number of piperazine rings is 1. The first-order valence-corrected chi connectivity index (χ1v) is 16.0. The van der Waals surface area contributed by atoms with Crippen LogP contribution in [0.3, 0.4) is 0 Å². The molecule has 0 bridgehead atoms. The van der Waals surface area contributed by atoms with E-state index in [2.05, 4.69) is 35.0 Å². The molecule has 5 aromatic rings. The second-order valence-electron chi connectivity index (χ2n) is 10.8. The van der Waals surface area contributed by atoms with Gasteiger partial charge >= 0.3 is 0 Å². The number of nitrogens with one attached hydrogen (secondary N) is 2. The Morgan fingerprint density at radius 1 is 1.00 bits per heavy atom. The summed E-state index contributed by atoms with van der Waals surface area (Å²) in [6.07, 6.45) is 2.79. The molecule has 1 aliphatic rings. The summed E-state index contributed by atoms with van der Waals surface area (Å²) in [7, 11) is -2.27. The zero-order chi connectivity index (χ0) is 32.7. The molecule has 0 saturated carbocycles. The summed E-state index contributed by atoms with van der Waals surface area (Å²) in [5.74, 6) is -2.08. The lowest BCUT2D eigenvalue weighted by molar-refractivity contribution is 0.0663. The van der Waals surface area contributed by atoms with Crippen molar-refractivity contribution in [3.05, 3.63) is 88.5 Å². The van der Waals surface area contributed by atoms with Gasteiger partial charge in [0.05, 0.1) is 27.4 Å². The quantitative estimate of drug-likeness (QED) is 0.253. The summed E-state index contributed by atoms with van der Waals surface area (Å²) < 4.78 is 60.5. The third kappa shape index (κ3) is 5.96. The fraction of sp³-hybridized carbons (Fsp3) is 0.233. The Balaban J connectivity index is 1.31. The first-order valence-electron chi connectivity index (χ1n) is 14.1. The zero-order valence-electron chi connectivity index (χ0n) is 24.9. The van der Waals surface area contributed by atoms with E-state index < -0.39 is 33.0 Å². The molecule has 4 heterocycles. The van der Waals surface area contributed by atoms with Gasteiger partial charge in [0.15, 0.2) is 17.5 Å². The molecule has 2 N–H and O–H groups in total. The van der Waals surface area contributed by atoms with E-state index in [1.165, 1.54) is 36.1 Å². The molecule has 16 heteroatoms. The number of hydrogen-bond donors (Lipinski definition) is 2. The summed E-state index contributed by atoms with van der Waals surface area (Å²) in [6.45, 7) is 6.02. The van der Waals surface area contributed by atoms with Crippen molar-refractivity contribution in [2.24, 2.45) is 0 Å². The van der Waals surface area contributed by atoms with Crippen LogP contribution in [-0.4, -0.2) is 82.1 Å². The fourth-order valence-electron chi connectivity index (χ4n) is 5.06. The first-order chi connectivity index (χ1) is 21.9. The molecule has 0 unspecified atom stereocenters. The summed E-state index contributed by atoms with van der Waals surface area (Å²) in [6, 6.07) is 9.48. The molecule has 12 nitrogen and oxygen atoms in total. The van der Waals surface area contributed by atoms with Crippen molar-refractivity contribution < 1.29 is 22.0 Å². The van der Waals surface area contributed by atoms with Crippen LogP contribution in [-0.2, 0) is 10.0 Å². The van der Waals surface area contributed by atoms with Gasteiger partial charge in [-0.2, -0.15) is 5.10 Å². The van der Waals surface area contributed by atoms with Crippen molar-refractivity contribution in [2.75, 3.05) is 43.3 Å². The Kier molecular flexibility index (Phi) is 8.31. The number of nitrogens with zero attached hydrogens (tertiary/aromatic N) is 7. The number of likely N-dealkylation sites (N-methyl/N-ethyl adjacent to an activating group) is 1. The van der Waals surface area contributed by atoms with E-state index in [4.69, 9.17) is 11.6 Å². The number of sulfonamides is 1. The SMILES string of the molecule is Cc1nn(-c2ccc3ncnc(Nc4c(F)ccc(NS(=O)(=O)c5cccc(Cl)c5C)c4F)c3n2)cc1C(=O)N1CCN(C)CC1. The maximum absolute atomic E-state index is 15.7. The third-order valence-electron chi connectivity index (χ3n) is 7.71. The van der Waals surface area contributed by atoms with Crippen LogP contribution in [0.5, 0.6) is 0 Å². The molecule has 0 spiro atoms. The Morgan fingerprint density at radius 2 is 1.76 bits per heavy atom. The Labute approximate surface area is 268 Å². The summed E-state index contributed by atoms with van der Waals surface area (Å²) >= 11 is 6.08. The lowest BCUT2D eigenvalue weighted by Gasteiger charge is -2.32. The standard InChI is InChI=1S/C30H28ClF2N9O3S/c1-17-20(31)5-4-6-24(17)46(44,45)39-22-8-7-21(32)27(26(22)33)37-29-28-23(34-16-35-29)9-10-25(36-28)42-15-19(18(2)38-42)30(43)41-13-11-40(3)12-14-41/h4-10,15-16,39H,11-14H2,1-3H3,(H,34,35,37). The average molecular weight is 668 g/mol.